The van der Waals surface area contributed by atoms with Crippen LogP contribution >= 0.6 is 0 Å². The van der Waals surface area contributed by atoms with Gasteiger partial charge in [0.25, 0.3) is 0 Å². The number of hydrogen-bond donors (Lipinski definition) is 2. The average Bonchev–Trinajstić information content (AvgIpc) is 2.29. The number of nitrogens with two attached hydrogens (primary N) is 1. The second-order valence-electron chi connectivity index (χ2n) is 4.60. The molecule has 1 heterocycles. The van der Waals surface area contributed by atoms with Crippen molar-refractivity contribution in [3.05, 3.63) is 0 Å². The van der Waals surface area contributed by atoms with Gasteiger partial charge in [0.1, 0.15) is 0 Å². The van der Waals surface area contributed by atoms with Crippen molar-refractivity contribution in [3.63, 3.8) is 0 Å². The molecule has 0 saturated carbocycles. The van der Waals surface area contributed by atoms with Crippen molar-refractivity contribution in [2.24, 2.45) is 17.1 Å². The number of methoxy groups -OCH3 is 1. The van der Waals surface area contributed by atoms with E-state index in [2.05, 4.69) is 0 Å². The van der Waals surface area contributed by atoms with Crippen LogP contribution in [-0.2, 0) is 9.47 Å². The molecule has 3 atom stereocenters. The minimum absolute atomic E-state index is 0.0975. The molecule has 1 aliphatic rings. The van der Waals surface area contributed by atoms with Gasteiger partial charge in [-0.25, -0.2) is 0 Å². The summed E-state index contributed by atoms with van der Waals surface area (Å²) in [6, 6.07) is 0. The normalized spacial score (nSPS) is 31.2. The van der Waals surface area contributed by atoms with Gasteiger partial charge < -0.3 is 20.3 Å². The van der Waals surface area contributed by atoms with Gasteiger partial charge in [0.2, 0.25) is 0 Å². The van der Waals surface area contributed by atoms with Crippen molar-refractivity contribution in [1.82, 2.24) is 0 Å². The molecule has 0 aromatic carbocycles. The molecule has 0 aromatic rings. The Kier molecular flexibility index (Phi) is 4.99. The highest BCUT2D eigenvalue weighted by atomic mass is 16.5. The summed E-state index contributed by atoms with van der Waals surface area (Å²) in [7, 11) is 1.65. The molecule has 3 N–H and O–H groups in total. The summed E-state index contributed by atoms with van der Waals surface area (Å²) in [5.41, 5.74) is 5.52. The molecule has 0 aromatic heterocycles. The van der Waals surface area contributed by atoms with Crippen LogP contribution in [0.15, 0.2) is 0 Å². The fraction of sp³-hybridized carbons (Fsp3) is 1.00. The molecule has 0 amide bonds. The van der Waals surface area contributed by atoms with Crippen LogP contribution in [-0.4, -0.2) is 44.7 Å². The van der Waals surface area contributed by atoms with E-state index < -0.39 is 6.10 Å². The van der Waals surface area contributed by atoms with Crippen LogP contribution in [0.4, 0.5) is 0 Å². The van der Waals surface area contributed by atoms with E-state index in [0.717, 1.165) is 19.4 Å². The van der Waals surface area contributed by atoms with Gasteiger partial charge in [0.15, 0.2) is 0 Å². The van der Waals surface area contributed by atoms with Crippen LogP contribution in [0.25, 0.3) is 0 Å². The van der Waals surface area contributed by atoms with Crippen molar-refractivity contribution in [2.45, 2.75) is 25.9 Å². The lowest BCUT2D eigenvalue weighted by Gasteiger charge is -2.42. The van der Waals surface area contributed by atoms with Crippen LogP contribution in [0.2, 0.25) is 0 Å². The summed E-state index contributed by atoms with van der Waals surface area (Å²) in [6.07, 6.45) is 1.48. The molecule has 15 heavy (non-hydrogen) atoms. The first-order valence-corrected chi connectivity index (χ1v) is 5.61. The molecule has 1 fully saturated rings. The Morgan fingerprint density at radius 3 is 2.80 bits per heavy atom. The molecule has 0 bridgehead atoms. The summed E-state index contributed by atoms with van der Waals surface area (Å²) >= 11 is 0. The van der Waals surface area contributed by atoms with Gasteiger partial charge in [0.05, 0.1) is 19.3 Å². The van der Waals surface area contributed by atoms with Crippen LogP contribution in [0, 0.1) is 11.3 Å². The first kappa shape index (κ1) is 12.9. The number of aliphatic hydroxyl groups excluding tert-OH is 1. The summed E-state index contributed by atoms with van der Waals surface area (Å²) in [6.45, 7) is 4.37. The highest BCUT2D eigenvalue weighted by Gasteiger charge is 2.41. The lowest BCUT2D eigenvalue weighted by Crippen LogP contribution is -2.51. The van der Waals surface area contributed by atoms with Crippen LogP contribution < -0.4 is 5.73 Å². The number of aliphatic hydroxyl groups is 1. The Bertz CT molecular complexity index is 181. The van der Waals surface area contributed by atoms with E-state index in [0.29, 0.717) is 19.8 Å². The van der Waals surface area contributed by atoms with E-state index in [-0.39, 0.29) is 11.3 Å². The fourth-order valence-corrected chi connectivity index (χ4v) is 2.35. The topological polar surface area (TPSA) is 64.7 Å². The van der Waals surface area contributed by atoms with Crippen molar-refractivity contribution in [2.75, 3.05) is 33.5 Å². The molecule has 4 heteroatoms. The van der Waals surface area contributed by atoms with Crippen LogP contribution in [0.5, 0.6) is 0 Å². The number of rotatable bonds is 5. The Balaban J connectivity index is 2.62. The molecular weight excluding hydrogens is 194 g/mol. The standard InChI is InChI=1S/C11H23NO3/c1-9(6-14-2)10(13)11(7-12)4-3-5-15-8-11/h9-10,13H,3-8,12H2,1-2H3. The van der Waals surface area contributed by atoms with Gasteiger partial charge in [-0.3, -0.25) is 0 Å². The van der Waals surface area contributed by atoms with E-state index in [1.165, 1.54) is 0 Å². The molecule has 0 radical (unpaired) electrons. The second kappa shape index (κ2) is 5.80. The third-order valence-electron chi connectivity index (χ3n) is 3.36. The lowest BCUT2D eigenvalue weighted by atomic mass is 9.73. The Labute approximate surface area is 91.7 Å². The predicted molar refractivity (Wildman–Crippen MR) is 58.6 cm³/mol. The van der Waals surface area contributed by atoms with E-state index >= 15 is 0 Å². The molecule has 1 saturated heterocycles. The SMILES string of the molecule is COCC(C)C(O)C1(CN)CCCOC1. The zero-order chi connectivity index (χ0) is 11.3. The van der Waals surface area contributed by atoms with Crippen molar-refractivity contribution in [3.8, 4) is 0 Å². The Hall–Kier alpha value is -0.160. The van der Waals surface area contributed by atoms with E-state index in [4.69, 9.17) is 15.2 Å². The third-order valence-corrected chi connectivity index (χ3v) is 3.36. The van der Waals surface area contributed by atoms with Gasteiger partial charge in [-0.2, -0.15) is 0 Å². The second-order valence-corrected chi connectivity index (χ2v) is 4.60. The maximum absolute atomic E-state index is 10.3. The summed E-state index contributed by atoms with van der Waals surface area (Å²) in [5, 5.41) is 10.3. The summed E-state index contributed by atoms with van der Waals surface area (Å²) in [5.74, 6) is 0.0975. The first-order chi connectivity index (χ1) is 7.16. The minimum Gasteiger partial charge on any atom is -0.392 e. The van der Waals surface area contributed by atoms with E-state index in [1.807, 2.05) is 6.92 Å². The summed E-state index contributed by atoms with van der Waals surface area (Å²) in [4.78, 5) is 0. The van der Waals surface area contributed by atoms with E-state index in [1.54, 1.807) is 7.11 Å². The highest BCUT2D eigenvalue weighted by molar-refractivity contribution is 4.91. The van der Waals surface area contributed by atoms with Gasteiger partial charge in [0, 0.05) is 31.6 Å². The maximum Gasteiger partial charge on any atom is 0.0678 e. The molecule has 1 rings (SSSR count). The van der Waals surface area contributed by atoms with Crippen LogP contribution in [0.3, 0.4) is 0 Å². The maximum atomic E-state index is 10.3. The highest BCUT2D eigenvalue weighted by Crippen LogP contribution is 2.34. The molecule has 4 nitrogen and oxygen atoms in total. The minimum atomic E-state index is -0.442. The number of ether oxygens (including phenoxy) is 2. The quantitative estimate of drug-likeness (QED) is 0.699. The lowest BCUT2D eigenvalue weighted by molar-refractivity contribution is -0.103. The molecule has 0 aliphatic carbocycles. The van der Waals surface area contributed by atoms with Gasteiger partial charge >= 0.3 is 0 Å². The smallest absolute Gasteiger partial charge is 0.0678 e. The Morgan fingerprint density at radius 2 is 2.33 bits per heavy atom. The zero-order valence-corrected chi connectivity index (χ0v) is 9.74. The molecule has 90 valence electrons. The fourth-order valence-electron chi connectivity index (χ4n) is 2.35. The average molecular weight is 217 g/mol. The van der Waals surface area contributed by atoms with Gasteiger partial charge in [-0.1, -0.05) is 6.92 Å². The van der Waals surface area contributed by atoms with E-state index in [9.17, 15) is 5.11 Å². The monoisotopic (exact) mass is 217 g/mol. The number of hydrogen-bond acceptors (Lipinski definition) is 4. The summed E-state index contributed by atoms with van der Waals surface area (Å²) < 4.78 is 10.5. The molecule has 3 unspecified atom stereocenters. The first-order valence-electron chi connectivity index (χ1n) is 5.61. The van der Waals surface area contributed by atoms with Crippen molar-refractivity contribution >= 4 is 0 Å². The molecule has 0 spiro atoms. The largest absolute Gasteiger partial charge is 0.392 e. The van der Waals surface area contributed by atoms with Crippen LogP contribution in [0.1, 0.15) is 19.8 Å². The Morgan fingerprint density at radius 1 is 1.60 bits per heavy atom. The third kappa shape index (κ3) is 2.91. The van der Waals surface area contributed by atoms with Gasteiger partial charge in [-0.05, 0) is 12.8 Å². The van der Waals surface area contributed by atoms with Gasteiger partial charge in [-0.15, -0.1) is 0 Å². The zero-order valence-electron chi connectivity index (χ0n) is 9.74. The molecular formula is C11H23NO3. The van der Waals surface area contributed by atoms with Crippen molar-refractivity contribution in [1.29, 1.82) is 0 Å². The van der Waals surface area contributed by atoms with Crippen molar-refractivity contribution < 1.29 is 14.6 Å². The predicted octanol–water partition coefficient (Wildman–Crippen LogP) is 0.385. The molecule has 1 aliphatic heterocycles.